The molecule has 14 heavy (non-hydrogen) atoms. The van der Waals surface area contributed by atoms with Gasteiger partial charge in [-0.3, -0.25) is 0 Å². The van der Waals surface area contributed by atoms with Crippen molar-refractivity contribution >= 4 is 27.7 Å². The van der Waals surface area contributed by atoms with Crippen LogP contribution in [-0.2, 0) is 6.61 Å². The van der Waals surface area contributed by atoms with Crippen LogP contribution < -0.4 is 0 Å². The second-order valence-electron chi connectivity index (χ2n) is 2.85. The first-order chi connectivity index (χ1) is 6.77. The van der Waals surface area contributed by atoms with Crippen LogP contribution in [0.4, 0.5) is 0 Å². The van der Waals surface area contributed by atoms with Crippen molar-refractivity contribution in [2.45, 2.75) is 17.9 Å². The van der Waals surface area contributed by atoms with Gasteiger partial charge in [0.1, 0.15) is 0 Å². The Balaban J connectivity index is 2.59. The van der Waals surface area contributed by atoms with Crippen LogP contribution in [0.1, 0.15) is 12.0 Å². The monoisotopic (exact) mass is 276 g/mol. The molecule has 0 amide bonds. The van der Waals surface area contributed by atoms with Gasteiger partial charge in [0.2, 0.25) is 0 Å². The largest absolute Gasteiger partial charge is 0.396 e. The Morgan fingerprint density at radius 1 is 1.29 bits per heavy atom. The van der Waals surface area contributed by atoms with Gasteiger partial charge in [0.15, 0.2) is 0 Å². The summed E-state index contributed by atoms with van der Waals surface area (Å²) in [7, 11) is 0. The van der Waals surface area contributed by atoms with Crippen molar-refractivity contribution in [1.82, 2.24) is 0 Å². The summed E-state index contributed by atoms with van der Waals surface area (Å²) in [6, 6.07) is 5.81. The van der Waals surface area contributed by atoms with Gasteiger partial charge in [-0.1, -0.05) is 6.07 Å². The zero-order valence-corrected chi connectivity index (χ0v) is 10.1. The Hall–Kier alpha value is -0.0300. The highest BCUT2D eigenvalue weighted by molar-refractivity contribution is 9.10. The summed E-state index contributed by atoms with van der Waals surface area (Å²) in [6.07, 6.45) is 0.804. The summed E-state index contributed by atoms with van der Waals surface area (Å²) in [4.78, 5) is 1.15. The van der Waals surface area contributed by atoms with Crippen molar-refractivity contribution in [3.8, 4) is 0 Å². The average molecular weight is 277 g/mol. The zero-order chi connectivity index (χ0) is 10.4. The van der Waals surface area contributed by atoms with Gasteiger partial charge in [-0.15, -0.1) is 11.8 Å². The molecule has 2 N–H and O–H groups in total. The van der Waals surface area contributed by atoms with Crippen LogP contribution >= 0.6 is 27.7 Å². The van der Waals surface area contributed by atoms with E-state index in [4.69, 9.17) is 10.2 Å². The van der Waals surface area contributed by atoms with Gasteiger partial charge in [0.25, 0.3) is 0 Å². The van der Waals surface area contributed by atoms with Crippen LogP contribution in [0.5, 0.6) is 0 Å². The average Bonchev–Trinajstić information content (AvgIpc) is 2.20. The van der Waals surface area contributed by atoms with Crippen LogP contribution in [0, 0.1) is 0 Å². The molecular weight excluding hydrogens is 264 g/mol. The standard InChI is InChI=1S/C10H13BrO2S/c11-9-6-8(7-13)2-3-10(9)14-5-1-4-12/h2-3,6,12-13H,1,4-5,7H2. The number of hydrogen-bond donors (Lipinski definition) is 2. The Morgan fingerprint density at radius 2 is 2.07 bits per heavy atom. The lowest BCUT2D eigenvalue weighted by molar-refractivity contribution is 0.281. The maximum atomic E-state index is 8.91. The van der Waals surface area contributed by atoms with Gasteiger partial charge in [0.05, 0.1) is 6.61 Å². The highest BCUT2D eigenvalue weighted by Gasteiger charge is 2.01. The minimum atomic E-state index is 0.0696. The van der Waals surface area contributed by atoms with Crippen LogP contribution in [0.2, 0.25) is 0 Å². The molecule has 0 atom stereocenters. The van der Waals surface area contributed by atoms with Crippen molar-refractivity contribution < 1.29 is 10.2 Å². The van der Waals surface area contributed by atoms with E-state index in [0.29, 0.717) is 0 Å². The summed E-state index contributed by atoms with van der Waals surface area (Å²) in [5.41, 5.74) is 0.906. The van der Waals surface area contributed by atoms with E-state index in [1.807, 2.05) is 18.2 Å². The van der Waals surface area contributed by atoms with E-state index in [1.165, 1.54) is 0 Å². The molecule has 4 heteroatoms. The summed E-state index contributed by atoms with van der Waals surface area (Å²) in [5, 5.41) is 17.5. The molecule has 0 saturated carbocycles. The van der Waals surface area contributed by atoms with Crippen molar-refractivity contribution in [2.24, 2.45) is 0 Å². The molecule has 78 valence electrons. The second-order valence-corrected chi connectivity index (χ2v) is 4.84. The fraction of sp³-hybridized carbons (Fsp3) is 0.400. The van der Waals surface area contributed by atoms with Crippen LogP contribution in [0.3, 0.4) is 0 Å². The third-order valence-corrected chi connectivity index (χ3v) is 3.82. The van der Waals surface area contributed by atoms with E-state index in [-0.39, 0.29) is 13.2 Å². The van der Waals surface area contributed by atoms with E-state index in [2.05, 4.69) is 15.9 Å². The fourth-order valence-corrected chi connectivity index (χ4v) is 2.63. The molecule has 0 spiro atoms. The molecule has 0 aliphatic carbocycles. The van der Waals surface area contributed by atoms with Crippen LogP contribution in [-0.4, -0.2) is 22.6 Å². The van der Waals surface area contributed by atoms with E-state index < -0.39 is 0 Å². The number of thioether (sulfide) groups is 1. The van der Waals surface area contributed by atoms with Crippen LogP contribution in [0.15, 0.2) is 27.6 Å². The number of rotatable bonds is 5. The Bertz CT molecular complexity index is 291. The molecule has 0 unspecified atom stereocenters. The van der Waals surface area contributed by atoms with Crippen LogP contribution in [0.25, 0.3) is 0 Å². The first-order valence-corrected chi connectivity index (χ1v) is 6.18. The van der Waals surface area contributed by atoms with Crippen molar-refractivity contribution in [3.05, 3.63) is 28.2 Å². The molecule has 0 aromatic heterocycles. The maximum absolute atomic E-state index is 8.91. The molecule has 0 aliphatic rings. The molecular formula is C10H13BrO2S. The molecule has 0 aliphatic heterocycles. The Morgan fingerprint density at radius 3 is 2.64 bits per heavy atom. The number of aliphatic hydroxyl groups is 2. The van der Waals surface area contributed by atoms with Gasteiger partial charge in [-0.2, -0.15) is 0 Å². The minimum absolute atomic E-state index is 0.0696. The predicted octanol–water partition coefficient (Wildman–Crippen LogP) is 2.42. The summed E-state index contributed by atoms with van der Waals surface area (Å²) < 4.78 is 1.01. The van der Waals surface area contributed by atoms with Gasteiger partial charge in [-0.05, 0) is 40.0 Å². The fourth-order valence-electron chi connectivity index (χ4n) is 1.01. The molecule has 0 radical (unpaired) electrons. The molecule has 0 bridgehead atoms. The number of halogens is 1. The molecule has 0 fully saturated rings. The quantitative estimate of drug-likeness (QED) is 0.641. The molecule has 2 nitrogen and oxygen atoms in total. The van der Waals surface area contributed by atoms with Crippen molar-refractivity contribution in [2.75, 3.05) is 12.4 Å². The van der Waals surface area contributed by atoms with Gasteiger partial charge in [0, 0.05) is 21.7 Å². The lowest BCUT2D eigenvalue weighted by Gasteiger charge is -2.05. The van der Waals surface area contributed by atoms with E-state index >= 15 is 0 Å². The smallest absolute Gasteiger partial charge is 0.0682 e. The van der Waals surface area contributed by atoms with Crippen molar-refractivity contribution in [1.29, 1.82) is 0 Å². The molecule has 0 saturated heterocycles. The maximum Gasteiger partial charge on any atom is 0.0682 e. The second kappa shape index (κ2) is 6.45. The van der Waals surface area contributed by atoms with Crippen molar-refractivity contribution in [3.63, 3.8) is 0 Å². The lowest BCUT2D eigenvalue weighted by atomic mass is 10.2. The topological polar surface area (TPSA) is 40.5 Å². The molecule has 1 aromatic carbocycles. The molecule has 1 aromatic rings. The van der Waals surface area contributed by atoms with Gasteiger partial charge in [-0.25, -0.2) is 0 Å². The number of aliphatic hydroxyl groups excluding tert-OH is 2. The first-order valence-electron chi connectivity index (χ1n) is 4.41. The normalized spacial score (nSPS) is 10.5. The summed E-state index contributed by atoms with van der Waals surface area (Å²) >= 11 is 5.15. The Labute approximate surface area is 96.5 Å². The van der Waals surface area contributed by atoms with Gasteiger partial charge >= 0.3 is 0 Å². The minimum Gasteiger partial charge on any atom is -0.396 e. The summed E-state index contributed by atoms with van der Waals surface area (Å²) in [5.74, 6) is 0.910. The highest BCUT2D eigenvalue weighted by atomic mass is 79.9. The Kier molecular flexibility index (Phi) is 5.55. The lowest BCUT2D eigenvalue weighted by Crippen LogP contribution is -1.88. The predicted molar refractivity (Wildman–Crippen MR) is 62.5 cm³/mol. The summed E-state index contributed by atoms with van der Waals surface area (Å²) in [6.45, 7) is 0.305. The third-order valence-electron chi connectivity index (χ3n) is 1.74. The zero-order valence-electron chi connectivity index (χ0n) is 7.74. The highest BCUT2D eigenvalue weighted by Crippen LogP contribution is 2.28. The number of benzene rings is 1. The molecule has 0 heterocycles. The van der Waals surface area contributed by atoms with E-state index in [9.17, 15) is 0 Å². The van der Waals surface area contributed by atoms with Gasteiger partial charge < -0.3 is 10.2 Å². The third kappa shape index (κ3) is 3.61. The number of hydrogen-bond acceptors (Lipinski definition) is 3. The molecule has 1 rings (SSSR count). The SMILES string of the molecule is OCCCSc1ccc(CO)cc1Br. The first kappa shape index (κ1) is 12.0. The van der Waals surface area contributed by atoms with E-state index in [1.54, 1.807) is 11.8 Å². The van der Waals surface area contributed by atoms with E-state index in [0.717, 1.165) is 27.1 Å².